The number of carbonyl (C=O) groups is 1. The first kappa shape index (κ1) is 28.6. The van der Waals surface area contributed by atoms with Gasteiger partial charge in [0.25, 0.3) is 5.91 Å². The van der Waals surface area contributed by atoms with Crippen molar-refractivity contribution in [1.82, 2.24) is 15.5 Å². The van der Waals surface area contributed by atoms with E-state index in [4.69, 9.17) is 4.74 Å². The summed E-state index contributed by atoms with van der Waals surface area (Å²) in [5.41, 5.74) is 1.80. The highest BCUT2D eigenvalue weighted by atomic mass is 127. The quantitative estimate of drug-likeness (QED) is 0.240. The highest BCUT2D eigenvalue weighted by Gasteiger charge is 2.13. The first-order valence-corrected chi connectivity index (χ1v) is 11.0. The number of guanidine groups is 1. The molecule has 0 aliphatic heterocycles. The van der Waals surface area contributed by atoms with Gasteiger partial charge in [0.1, 0.15) is 0 Å². The van der Waals surface area contributed by atoms with Crippen LogP contribution in [0.25, 0.3) is 0 Å². The predicted octanol–water partition coefficient (Wildman–Crippen LogP) is 4.29. The third-order valence-electron chi connectivity index (χ3n) is 4.86. The molecular formula is C23H41IN4O2. The van der Waals surface area contributed by atoms with Crippen LogP contribution in [0.2, 0.25) is 0 Å². The van der Waals surface area contributed by atoms with Crippen molar-refractivity contribution in [2.45, 2.75) is 60.6 Å². The molecule has 0 aliphatic rings. The minimum absolute atomic E-state index is 0. The third kappa shape index (κ3) is 10.1. The number of ether oxygens (including phenoxy) is 1. The van der Waals surface area contributed by atoms with E-state index in [9.17, 15) is 4.79 Å². The van der Waals surface area contributed by atoms with Crippen LogP contribution in [0.15, 0.2) is 29.3 Å². The number of nitrogens with one attached hydrogen (secondary N) is 2. The molecule has 0 fully saturated rings. The van der Waals surface area contributed by atoms with Crippen molar-refractivity contribution < 1.29 is 9.53 Å². The Labute approximate surface area is 200 Å². The predicted molar refractivity (Wildman–Crippen MR) is 137 cm³/mol. The molecule has 0 saturated heterocycles. The Morgan fingerprint density at radius 1 is 1.07 bits per heavy atom. The average Bonchev–Trinajstić information content (AvgIpc) is 2.72. The largest absolute Gasteiger partial charge is 0.378 e. The molecule has 2 N–H and O–H groups in total. The van der Waals surface area contributed by atoms with Crippen LogP contribution in [0.5, 0.6) is 0 Å². The maximum absolute atomic E-state index is 12.4. The molecule has 1 rings (SSSR count). The van der Waals surface area contributed by atoms with Crippen molar-refractivity contribution >= 4 is 35.8 Å². The average molecular weight is 533 g/mol. The van der Waals surface area contributed by atoms with Crippen LogP contribution < -0.4 is 10.6 Å². The van der Waals surface area contributed by atoms with Crippen molar-refractivity contribution in [3.8, 4) is 0 Å². The van der Waals surface area contributed by atoms with Gasteiger partial charge < -0.3 is 20.3 Å². The van der Waals surface area contributed by atoms with Gasteiger partial charge in [-0.3, -0.25) is 4.79 Å². The lowest BCUT2D eigenvalue weighted by atomic mass is 10.0. The normalized spacial score (nSPS) is 12.3. The number of hydrogen-bond acceptors (Lipinski definition) is 3. The lowest BCUT2D eigenvalue weighted by Gasteiger charge is -2.21. The van der Waals surface area contributed by atoms with E-state index in [1.54, 1.807) is 0 Å². The Balaban J connectivity index is 0.00000841. The summed E-state index contributed by atoms with van der Waals surface area (Å²) in [6, 6.07) is 7.74. The molecule has 0 heterocycles. The number of halogens is 1. The summed E-state index contributed by atoms with van der Waals surface area (Å²) in [5.74, 6) is 1.37. The molecule has 1 atom stereocenters. The molecule has 0 radical (unpaired) electrons. The number of aliphatic imine (C=N–C) groups is 1. The van der Waals surface area contributed by atoms with Crippen LogP contribution in [0.3, 0.4) is 0 Å². The molecule has 30 heavy (non-hydrogen) atoms. The lowest BCUT2D eigenvalue weighted by Crippen LogP contribution is -2.39. The number of nitrogens with zero attached hydrogens (tertiary/aromatic N) is 2. The number of amides is 1. The van der Waals surface area contributed by atoms with E-state index < -0.39 is 0 Å². The topological polar surface area (TPSA) is 66.0 Å². The van der Waals surface area contributed by atoms with Gasteiger partial charge in [0.2, 0.25) is 0 Å². The number of benzene rings is 1. The van der Waals surface area contributed by atoms with E-state index in [1.165, 1.54) is 0 Å². The van der Waals surface area contributed by atoms with E-state index in [0.717, 1.165) is 56.3 Å². The van der Waals surface area contributed by atoms with Crippen LogP contribution >= 0.6 is 24.0 Å². The first-order chi connectivity index (χ1) is 14.0. The summed E-state index contributed by atoms with van der Waals surface area (Å²) in [5, 5.41) is 6.68. The summed E-state index contributed by atoms with van der Waals surface area (Å²) in [6.07, 6.45) is 1.20. The lowest BCUT2D eigenvalue weighted by molar-refractivity contribution is 0.0258. The van der Waals surface area contributed by atoms with Gasteiger partial charge >= 0.3 is 0 Å². The smallest absolute Gasteiger partial charge is 0.253 e. The van der Waals surface area contributed by atoms with Crippen LogP contribution in [-0.2, 0) is 11.3 Å². The monoisotopic (exact) mass is 532 g/mol. The van der Waals surface area contributed by atoms with Gasteiger partial charge in [0.05, 0.1) is 12.6 Å². The second-order valence-corrected chi connectivity index (χ2v) is 7.32. The maximum Gasteiger partial charge on any atom is 0.253 e. The second kappa shape index (κ2) is 16.4. The fraction of sp³-hybridized carbons (Fsp3) is 0.652. The number of hydrogen-bond donors (Lipinski definition) is 2. The Bertz CT molecular complexity index is 616. The fourth-order valence-corrected chi connectivity index (χ4v) is 3.11. The summed E-state index contributed by atoms with van der Waals surface area (Å²) in [7, 11) is 0. The molecule has 0 saturated carbocycles. The molecular weight excluding hydrogens is 491 g/mol. The van der Waals surface area contributed by atoms with Gasteiger partial charge in [-0.05, 0) is 57.7 Å². The highest BCUT2D eigenvalue weighted by Crippen LogP contribution is 2.10. The van der Waals surface area contributed by atoms with Crippen LogP contribution in [0, 0.1) is 5.92 Å². The molecule has 0 aliphatic carbocycles. The minimum atomic E-state index is 0. The standard InChI is InChI=1S/C23H40N4O2.HI/c1-7-24-23(25-16-15-21(18(5)6)29-10-4)26-17-19-11-13-20(14-12-19)22(28)27(8-2)9-3;/h11-14,18,21H,7-10,15-17H2,1-6H3,(H2,24,25,26);1H. The summed E-state index contributed by atoms with van der Waals surface area (Å²) >= 11 is 0. The van der Waals surface area contributed by atoms with E-state index in [1.807, 2.05) is 49.9 Å². The molecule has 1 amide bonds. The molecule has 0 aromatic heterocycles. The molecule has 1 unspecified atom stereocenters. The first-order valence-electron chi connectivity index (χ1n) is 11.0. The molecule has 1 aromatic rings. The van der Waals surface area contributed by atoms with E-state index >= 15 is 0 Å². The van der Waals surface area contributed by atoms with Gasteiger partial charge in [-0.2, -0.15) is 0 Å². The van der Waals surface area contributed by atoms with Gasteiger partial charge in [-0.15, -0.1) is 24.0 Å². The Hall–Kier alpha value is -1.35. The molecule has 1 aromatic carbocycles. The zero-order valence-corrected chi connectivity index (χ0v) is 21.9. The van der Waals surface area contributed by atoms with Crippen molar-refractivity contribution in [1.29, 1.82) is 0 Å². The second-order valence-electron chi connectivity index (χ2n) is 7.32. The number of carbonyl (C=O) groups excluding carboxylic acids is 1. The molecule has 0 bridgehead atoms. The molecule has 172 valence electrons. The third-order valence-corrected chi connectivity index (χ3v) is 4.86. The zero-order chi connectivity index (χ0) is 21.6. The zero-order valence-electron chi connectivity index (χ0n) is 19.5. The minimum Gasteiger partial charge on any atom is -0.378 e. The summed E-state index contributed by atoms with van der Waals surface area (Å²) in [4.78, 5) is 18.9. The summed E-state index contributed by atoms with van der Waals surface area (Å²) in [6.45, 7) is 16.8. The van der Waals surface area contributed by atoms with Crippen LogP contribution in [-0.4, -0.2) is 55.7 Å². The highest BCUT2D eigenvalue weighted by molar-refractivity contribution is 14.0. The molecule has 6 nitrogen and oxygen atoms in total. The van der Waals surface area contributed by atoms with Gasteiger partial charge in [0.15, 0.2) is 5.96 Å². The van der Waals surface area contributed by atoms with E-state index in [0.29, 0.717) is 12.5 Å². The SMILES string of the molecule is CCNC(=NCc1ccc(C(=O)N(CC)CC)cc1)NCCC(OCC)C(C)C.I. The Kier molecular flexibility index (Phi) is 15.6. The maximum atomic E-state index is 12.4. The van der Waals surface area contributed by atoms with Crippen LogP contribution in [0.4, 0.5) is 0 Å². The fourth-order valence-electron chi connectivity index (χ4n) is 3.11. The van der Waals surface area contributed by atoms with Crippen molar-refractivity contribution in [2.75, 3.05) is 32.8 Å². The van der Waals surface area contributed by atoms with E-state index in [-0.39, 0.29) is 36.0 Å². The van der Waals surface area contributed by atoms with Gasteiger partial charge in [-0.25, -0.2) is 4.99 Å². The Morgan fingerprint density at radius 2 is 1.70 bits per heavy atom. The molecule has 0 spiro atoms. The van der Waals surface area contributed by atoms with Gasteiger partial charge in [0, 0.05) is 38.3 Å². The van der Waals surface area contributed by atoms with Crippen LogP contribution in [0.1, 0.15) is 63.9 Å². The van der Waals surface area contributed by atoms with E-state index in [2.05, 4.69) is 36.4 Å². The summed E-state index contributed by atoms with van der Waals surface area (Å²) < 4.78 is 5.81. The molecule has 7 heteroatoms. The van der Waals surface area contributed by atoms with Crippen molar-refractivity contribution in [3.05, 3.63) is 35.4 Å². The number of rotatable bonds is 12. The van der Waals surface area contributed by atoms with Crippen molar-refractivity contribution in [3.63, 3.8) is 0 Å². The van der Waals surface area contributed by atoms with Gasteiger partial charge in [-0.1, -0.05) is 26.0 Å². The Morgan fingerprint density at radius 3 is 2.20 bits per heavy atom. The van der Waals surface area contributed by atoms with Crippen molar-refractivity contribution in [2.24, 2.45) is 10.9 Å².